The number of anilines is 8. The summed E-state index contributed by atoms with van der Waals surface area (Å²) in [6.45, 7) is 32.2. The minimum Gasteiger partial charge on any atom is -0.454 e. The average Bonchev–Trinajstić information content (AvgIpc) is 1.35. The van der Waals surface area contributed by atoms with Crippen LogP contribution in [0.3, 0.4) is 0 Å². The van der Waals surface area contributed by atoms with Crippen LogP contribution < -0.4 is 31.1 Å². The highest BCUT2D eigenvalue weighted by Crippen LogP contribution is 2.63. The van der Waals surface area contributed by atoms with Crippen LogP contribution in [0.2, 0.25) is 0 Å². The number of furan rings is 1. The van der Waals surface area contributed by atoms with Gasteiger partial charge in [-0.3, -0.25) is 0 Å². The van der Waals surface area contributed by atoms with Crippen molar-refractivity contribution < 1.29 is 4.42 Å². The van der Waals surface area contributed by atoms with Gasteiger partial charge in [-0.05, 0) is 177 Å². The molecule has 2 unspecified atom stereocenters. The fraction of sp³-hybridized carbons (Fsp3) is 0.368. The van der Waals surface area contributed by atoms with Crippen molar-refractivity contribution in [2.75, 3.05) is 14.7 Å². The minimum atomic E-state index is -0.188. The molecule has 412 valence electrons. The van der Waals surface area contributed by atoms with E-state index in [2.05, 4.69) is 244 Å². The molecule has 5 heterocycles. The maximum atomic E-state index is 7.40. The van der Waals surface area contributed by atoms with E-state index in [0.717, 1.165) is 59.7 Å². The topological polar surface area (TPSA) is 22.9 Å². The van der Waals surface area contributed by atoms with E-state index >= 15 is 0 Å². The lowest BCUT2D eigenvalue weighted by Gasteiger charge is -2.51. The highest BCUT2D eigenvalue weighted by molar-refractivity contribution is 7.26. The molecule has 1 saturated carbocycles. The Morgan fingerprint density at radius 3 is 1.85 bits per heavy atom. The second kappa shape index (κ2) is 16.5. The number of fused-ring (bicyclic) bond motifs is 16. The number of benzene rings is 8. The van der Waals surface area contributed by atoms with Crippen LogP contribution in [0.4, 0.5) is 45.5 Å². The zero-order chi connectivity index (χ0) is 56.6. The Balaban J connectivity index is 1.09. The van der Waals surface area contributed by atoms with Crippen LogP contribution in [-0.2, 0) is 32.5 Å². The third-order valence-corrected chi connectivity index (χ3v) is 23.7. The van der Waals surface area contributed by atoms with Crippen LogP contribution in [0, 0.1) is 0 Å². The van der Waals surface area contributed by atoms with Gasteiger partial charge in [0, 0.05) is 65.8 Å². The quantitative estimate of drug-likeness (QED) is 0.165. The summed E-state index contributed by atoms with van der Waals surface area (Å²) in [5.41, 5.74) is 24.7. The second-order valence-electron chi connectivity index (χ2n) is 30.1. The molecule has 0 amide bonds. The van der Waals surface area contributed by atoms with Crippen molar-refractivity contribution in [2.24, 2.45) is 0 Å². The summed E-state index contributed by atoms with van der Waals surface area (Å²) < 4.78 is 10.0. The van der Waals surface area contributed by atoms with E-state index in [1.165, 1.54) is 129 Å². The SMILES string of the molecule is CC(C)(C)c1ccc2c(c1)C1(C)CCCCC1(C)N2c1cc2c3c(c1)N(c1cccc4c1sc1ccccc14)c1c(ccc4c1oc1ccccc14)B3c1cc3c(cc1N2c1ccc2c(c1)C(C)(C)CCC2(C)C)C(C)(C)CCC3(C)C. The molecule has 6 aliphatic rings. The van der Waals surface area contributed by atoms with Gasteiger partial charge < -0.3 is 19.1 Å². The fourth-order valence-electron chi connectivity index (χ4n) is 17.2. The molecule has 3 aliphatic heterocycles. The maximum absolute atomic E-state index is 7.40. The minimum absolute atomic E-state index is 0.000237. The molecule has 10 aromatic rings. The molecule has 0 saturated heterocycles. The smallest absolute Gasteiger partial charge is 0.252 e. The van der Waals surface area contributed by atoms with Gasteiger partial charge in [-0.15, -0.1) is 11.3 Å². The van der Waals surface area contributed by atoms with E-state index in [-0.39, 0.29) is 44.7 Å². The number of para-hydroxylation sites is 1. The van der Waals surface area contributed by atoms with E-state index in [1.54, 1.807) is 0 Å². The van der Waals surface area contributed by atoms with Gasteiger partial charge in [-0.2, -0.15) is 0 Å². The number of thiophene rings is 1. The van der Waals surface area contributed by atoms with E-state index < -0.39 is 0 Å². The first-order valence-corrected chi connectivity index (χ1v) is 31.7. The predicted molar refractivity (Wildman–Crippen MR) is 353 cm³/mol. The van der Waals surface area contributed by atoms with Gasteiger partial charge in [0.05, 0.1) is 21.6 Å². The summed E-state index contributed by atoms with van der Waals surface area (Å²) in [4.78, 5) is 8.33. The number of nitrogens with zero attached hydrogens (tertiary/aromatic N) is 3. The second-order valence-corrected chi connectivity index (χ2v) is 31.1. The Kier molecular flexibility index (Phi) is 10.3. The lowest BCUT2D eigenvalue weighted by molar-refractivity contribution is 0.195. The van der Waals surface area contributed by atoms with Gasteiger partial charge in [0.2, 0.25) is 0 Å². The number of hydrogen-bond acceptors (Lipinski definition) is 5. The molecule has 3 aliphatic carbocycles. The molecule has 4 nitrogen and oxygen atoms in total. The molecule has 0 bridgehead atoms. The summed E-state index contributed by atoms with van der Waals surface area (Å²) in [7, 11) is 0. The fourth-order valence-corrected chi connectivity index (χ4v) is 18.4. The van der Waals surface area contributed by atoms with E-state index in [4.69, 9.17) is 4.42 Å². The van der Waals surface area contributed by atoms with Crippen LogP contribution in [0.5, 0.6) is 0 Å². The zero-order valence-corrected chi connectivity index (χ0v) is 51.5. The van der Waals surface area contributed by atoms with Crippen LogP contribution in [0.1, 0.15) is 175 Å². The summed E-state index contributed by atoms with van der Waals surface area (Å²) in [6, 6.07) is 55.6. The van der Waals surface area contributed by atoms with Crippen molar-refractivity contribution >= 4 is 122 Å². The van der Waals surface area contributed by atoms with Crippen LogP contribution >= 0.6 is 11.3 Å². The normalized spacial score (nSPS) is 22.5. The van der Waals surface area contributed by atoms with Gasteiger partial charge in [-0.25, -0.2) is 0 Å². The number of hydrogen-bond donors (Lipinski definition) is 0. The molecule has 16 rings (SSSR count). The van der Waals surface area contributed by atoms with Crippen molar-refractivity contribution in [3.63, 3.8) is 0 Å². The molecule has 1 fully saturated rings. The average molecular weight is 1090 g/mol. The Bertz CT molecular complexity index is 4430. The molecular formula is C76H78BN3OS. The standard InChI is InChI=1S/C76H78BN3OS/c1-70(2,3)45-27-32-59-56(39-45)75(12)33-18-19-34-76(75,13)80(59)47-41-62-66-63(42-47)79(60-24-20-23-51-49-22-15-17-26-65(49)82-69(51)60)67-57(31-29-50-48-21-14-16-25-64(48)81-68(50)67)77(66)58-43-54-55(74(10,11)38-37-73(54,8)9)44-61(58)78(62)46-28-30-52-53(40-46)72(6,7)36-35-71(52,4)5/h14-17,20-32,39-44H,18-19,33-38H2,1-13H3. The lowest BCUT2D eigenvalue weighted by atomic mass is 9.33. The molecule has 6 heteroatoms. The monoisotopic (exact) mass is 1090 g/mol. The molecule has 8 aromatic carbocycles. The molecule has 0 radical (unpaired) electrons. The molecular weight excluding hydrogens is 1010 g/mol. The Morgan fingerprint density at radius 2 is 1.11 bits per heavy atom. The van der Waals surface area contributed by atoms with Crippen molar-refractivity contribution in [1.29, 1.82) is 0 Å². The molecule has 82 heavy (non-hydrogen) atoms. The number of rotatable bonds is 3. The van der Waals surface area contributed by atoms with Crippen molar-refractivity contribution in [3.05, 3.63) is 173 Å². The molecule has 0 N–H and O–H groups in total. The van der Waals surface area contributed by atoms with Gasteiger partial charge >= 0.3 is 0 Å². The highest BCUT2D eigenvalue weighted by atomic mass is 32.1. The van der Waals surface area contributed by atoms with Gasteiger partial charge in [0.25, 0.3) is 6.71 Å². The first kappa shape index (κ1) is 50.9. The Hall–Kier alpha value is -6.76. The molecule has 2 aromatic heterocycles. The van der Waals surface area contributed by atoms with Crippen molar-refractivity contribution in [3.8, 4) is 0 Å². The van der Waals surface area contributed by atoms with Gasteiger partial charge in [0.15, 0.2) is 5.58 Å². The third kappa shape index (κ3) is 6.74. The third-order valence-electron chi connectivity index (χ3n) is 22.5. The molecule has 2 atom stereocenters. The maximum Gasteiger partial charge on any atom is 0.252 e. The van der Waals surface area contributed by atoms with Crippen LogP contribution in [0.15, 0.2) is 144 Å². The first-order chi connectivity index (χ1) is 39.0. The van der Waals surface area contributed by atoms with E-state index in [1.807, 2.05) is 11.3 Å². The first-order valence-electron chi connectivity index (χ1n) is 30.9. The van der Waals surface area contributed by atoms with Crippen molar-refractivity contribution in [1.82, 2.24) is 0 Å². The highest BCUT2D eigenvalue weighted by Gasteiger charge is 2.59. The molecule has 0 spiro atoms. The van der Waals surface area contributed by atoms with E-state index in [0.29, 0.717) is 0 Å². The van der Waals surface area contributed by atoms with Gasteiger partial charge in [0.1, 0.15) is 5.58 Å². The summed E-state index contributed by atoms with van der Waals surface area (Å²) in [5.74, 6) is 0. The summed E-state index contributed by atoms with van der Waals surface area (Å²) in [6.07, 6.45) is 9.36. The zero-order valence-electron chi connectivity index (χ0n) is 50.7. The van der Waals surface area contributed by atoms with Crippen LogP contribution in [0.25, 0.3) is 42.1 Å². The van der Waals surface area contributed by atoms with Gasteiger partial charge in [-0.1, -0.05) is 181 Å². The summed E-state index contributed by atoms with van der Waals surface area (Å²) >= 11 is 1.92. The van der Waals surface area contributed by atoms with E-state index in [9.17, 15) is 0 Å². The Morgan fingerprint density at radius 1 is 0.463 bits per heavy atom. The summed E-state index contributed by atoms with van der Waals surface area (Å²) in [5, 5.41) is 4.90. The Labute approximate surface area is 490 Å². The van der Waals surface area contributed by atoms with Crippen LogP contribution in [-0.4, -0.2) is 12.3 Å². The van der Waals surface area contributed by atoms with Crippen molar-refractivity contribution in [2.45, 2.75) is 179 Å². The lowest BCUT2D eigenvalue weighted by Crippen LogP contribution is -2.62. The predicted octanol–water partition coefficient (Wildman–Crippen LogP) is 19.8. The largest absolute Gasteiger partial charge is 0.454 e.